The topological polar surface area (TPSA) is 99.3 Å². The molecule has 0 saturated heterocycles. The van der Waals surface area contributed by atoms with Crippen LogP contribution in [0.2, 0.25) is 0 Å². The summed E-state index contributed by atoms with van der Waals surface area (Å²) in [5.74, 6) is -0.548. The molecule has 2 aromatic carbocycles. The Morgan fingerprint density at radius 2 is 2.10 bits per heavy atom. The monoisotopic (exact) mass is 466 g/mol. The molecule has 0 aliphatic rings. The fourth-order valence-corrected chi connectivity index (χ4v) is 4.65. The summed E-state index contributed by atoms with van der Waals surface area (Å²) < 4.78 is 20.7. The molecule has 1 N–H and O–H groups in total. The fraction of sp³-hybridized carbons (Fsp3) is 0.167. The molecular weight excluding hydrogens is 451 g/mol. The number of ether oxygens (including phenoxy) is 1. The average Bonchev–Trinajstić information content (AvgIpc) is 3.08. The second-order valence-electron chi connectivity index (χ2n) is 5.96. The molecule has 0 aliphatic carbocycles. The van der Waals surface area contributed by atoms with Crippen LogP contribution < -0.4 is 10.1 Å². The van der Waals surface area contributed by atoms with E-state index in [1.165, 1.54) is 59.2 Å². The summed E-state index contributed by atoms with van der Waals surface area (Å²) >= 11 is 7.73. The first-order valence-electron chi connectivity index (χ1n) is 8.40. The zero-order valence-electron chi connectivity index (χ0n) is 15.7. The number of carbonyl (C=O) groups is 1. The highest BCUT2D eigenvalue weighted by molar-refractivity contribution is 8.01. The summed E-state index contributed by atoms with van der Waals surface area (Å²) in [7, 11) is 1.32. The van der Waals surface area contributed by atoms with Gasteiger partial charge in [-0.15, -0.1) is 5.10 Å². The van der Waals surface area contributed by atoms with Crippen molar-refractivity contribution in [3.05, 3.63) is 61.8 Å². The van der Waals surface area contributed by atoms with Crippen LogP contribution in [0.1, 0.15) is 5.56 Å². The summed E-state index contributed by atoms with van der Waals surface area (Å²) in [4.78, 5) is 22.9. The Morgan fingerprint density at radius 3 is 2.73 bits per heavy atom. The van der Waals surface area contributed by atoms with Gasteiger partial charge in [0.15, 0.2) is 14.0 Å². The number of thioether (sulfide) groups is 1. The van der Waals surface area contributed by atoms with E-state index in [0.717, 1.165) is 0 Å². The van der Waals surface area contributed by atoms with E-state index < -0.39 is 4.92 Å². The minimum absolute atomic E-state index is 0.0598. The van der Waals surface area contributed by atoms with Gasteiger partial charge in [-0.05, 0) is 49.0 Å². The van der Waals surface area contributed by atoms with Gasteiger partial charge in [0.25, 0.3) is 0 Å². The Bertz CT molecular complexity index is 1160. The van der Waals surface area contributed by atoms with Gasteiger partial charge in [-0.1, -0.05) is 23.1 Å². The van der Waals surface area contributed by atoms with Crippen LogP contribution in [0.25, 0.3) is 5.69 Å². The second-order valence-corrected chi connectivity index (χ2v) is 8.80. The predicted octanol–water partition coefficient (Wildman–Crippen LogP) is 4.76. The maximum absolute atomic E-state index is 13.1. The number of methoxy groups -OCH3 is 1. The molecule has 0 aliphatic heterocycles. The average molecular weight is 467 g/mol. The second kappa shape index (κ2) is 9.32. The minimum Gasteiger partial charge on any atom is -0.490 e. The number of anilines is 1. The highest BCUT2D eigenvalue weighted by Gasteiger charge is 2.18. The van der Waals surface area contributed by atoms with Crippen LogP contribution >= 0.6 is 35.3 Å². The number of halogens is 1. The number of aromatic nitrogens is 2. The van der Waals surface area contributed by atoms with Crippen molar-refractivity contribution in [2.24, 2.45) is 0 Å². The third-order valence-corrected chi connectivity index (χ3v) is 6.29. The fourth-order valence-electron chi connectivity index (χ4n) is 2.49. The standard InChI is InChI=1S/C18H15FN4O4S3/c1-10-7-14(23(25)26)15(27-2)8-13(10)20-16(24)9-29-17-21-22(18(28)30-17)12-5-3-11(19)4-6-12/h3-8H,9H2,1-2H3,(H,20,24). The molecule has 12 heteroatoms. The van der Waals surface area contributed by atoms with Gasteiger partial charge in [0.05, 0.1) is 23.5 Å². The molecule has 0 spiro atoms. The van der Waals surface area contributed by atoms with Crippen molar-refractivity contribution in [1.29, 1.82) is 0 Å². The van der Waals surface area contributed by atoms with Gasteiger partial charge in [-0.2, -0.15) is 0 Å². The van der Waals surface area contributed by atoms with E-state index in [1.807, 2.05) is 0 Å². The molecule has 1 aromatic heterocycles. The SMILES string of the molecule is COc1cc(NC(=O)CSc2nn(-c3ccc(F)cc3)c(=S)s2)c(C)cc1[N+](=O)[O-]. The first-order valence-corrected chi connectivity index (χ1v) is 10.6. The van der Waals surface area contributed by atoms with Gasteiger partial charge in [-0.3, -0.25) is 14.9 Å². The highest BCUT2D eigenvalue weighted by atomic mass is 32.2. The first-order chi connectivity index (χ1) is 14.3. The largest absolute Gasteiger partial charge is 0.490 e. The Labute approximate surface area is 183 Å². The molecule has 1 amide bonds. The van der Waals surface area contributed by atoms with Gasteiger partial charge in [0.1, 0.15) is 5.82 Å². The number of nitro benzene ring substituents is 1. The lowest BCUT2D eigenvalue weighted by Crippen LogP contribution is -2.15. The molecule has 30 heavy (non-hydrogen) atoms. The number of hydrogen-bond acceptors (Lipinski definition) is 8. The van der Waals surface area contributed by atoms with Crippen molar-refractivity contribution in [3.8, 4) is 11.4 Å². The lowest BCUT2D eigenvalue weighted by molar-refractivity contribution is -0.385. The van der Waals surface area contributed by atoms with Crippen LogP contribution in [0, 0.1) is 26.8 Å². The lowest BCUT2D eigenvalue weighted by Gasteiger charge is -2.10. The van der Waals surface area contributed by atoms with Crippen LogP contribution in [-0.2, 0) is 4.79 Å². The predicted molar refractivity (Wildman–Crippen MR) is 116 cm³/mol. The summed E-state index contributed by atoms with van der Waals surface area (Å²) in [6.07, 6.45) is 0. The number of rotatable bonds is 7. The normalized spacial score (nSPS) is 10.6. The van der Waals surface area contributed by atoms with Crippen molar-refractivity contribution >= 4 is 52.6 Å². The quantitative estimate of drug-likeness (QED) is 0.232. The van der Waals surface area contributed by atoms with Gasteiger partial charge in [0, 0.05) is 17.8 Å². The van der Waals surface area contributed by atoms with E-state index in [1.54, 1.807) is 19.1 Å². The molecule has 1 heterocycles. The van der Waals surface area contributed by atoms with Crippen molar-refractivity contribution in [1.82, 2.24) is 9.78 Å². The molecule has 0 saturated carbocycles. The zero-order valence-corrected chi connectivity index (χ0v) is 18.2. The molecule has 3 rings (SSSR count). The van der Waals surface area contributed by atoms with E-state index in [4.69, 9.17) is 17.0 Å². The number of hydrogen-bond donors (Lipinski definition) is 1. The molecule has 0 atom stereocenters. The number of amides is 1. The molecule has 3 aromatic rings. The van der Waals surface area contributed by atoms with Gasteiger partial charge < -0.3 is 10.1 Å². The molecule has 0 unspecified atom stereocenters. The first kappa shape index (κ1) is 21.9. The minimum atomic E-state index is -0.543. The Kier molecular flexibility index (Phi) is 6.80. The number of benzene rings is 2. The van der Waals surface area contributed by atoms with Crippen molar-refractivity contribution < 1.29 is 18.8 Å². The number of nitro groups is 1. The number of aryl methyl sites for hydroxylation is 1. The summed E-state index contributed by atoms with van der Waals surface area (Å²) in [5.41, 5.74) is 1.42. The smallest absolute Gasteiger partial charge is 0.311 e. The van der Waals surface area contributed by atoms with Crippen molar-refractivity contribution in [3.63, 3.8) is 0 Å². The molecule has 0 bridgehead atoms. The third-order valence-electron chi connectivity index (χ3n) is 3.92. The van der Waals surface area contributed by atoms with Crippen molar-refractivity contribution in [2.75, 3.05) is 18.2 Å². The Balaban J connectivity index is 1.68. The number of nitrogens with zero attached hydrogens (tertiary/aromatic N) is 3. The van der Waals surface area contributed by atoms with Crippen LogP contribution in [0.15, 0.2) is 40.7 Å². The third kappa shape index (κ3) is 5.01. The lowest BCUT2D eigenvalue weighted by atomic mass is 10.1. The summed E-state index contributed by atoms with van der Waals surface area (Å²) in [5, 5.41) is 18.2. The maximum atomic E-state index is 13.1. The number of carbonyl (C=O) groups excluding carboxylic acids is 1. The van der Waals surface area contributed by atoms with Crippen LogP contribution in [-0.4, -0.2) is 33.5 Å². The number of nitrogens with one attached hydrogen (secondary N) is 1. The van der Waals surface area contributed by atoms with E-state index in [0.29, 0.717) is 25.2 Å². The summed E-state index contributed by atoms with van der Waals surface area (Å²) in [6, 6.07) is 8.53. The van der Waals surface area contributed by atoms with Crippen LogP contribution in [0.3, 0.4) is 0 Å². The van der Waals surface area contributed by atoms with E-state index in [9.17, 15) is 19.3 Å². The highest BCUT2D eigenvalue weighted by Crippen LogP contribution is 2.33. The van der Waals surface area contributed by atoms with Crippen LogP contribution in [0.5, 0.6) is 5.75 Å². The molecular formula is C18H15FN4O4S3. The van der Waals surface area contributed by atoms with Gasteiger partial charge in [-0.25, -0.2) is 9.07 Å². The molecule has 8 nitrogen and oxygen atoms in total. The Morgan fingerprint density at radius 1 is 1.40 bits per heavy atom. The molecule has 0 radical (unpaired) electrons. The van der Waals surface area contributed by atoms with Crippen molar-refractivity contribution in [2.45, 2.75) is 11.3 Å². The summed E-state index contributed by atoms with van der Waals surface area (Å²) in [6.45, 7) is 1.66. The van der Waals surface area contributed by atoms with Gasteiger partial charge in [0.2, 0.25) is 5.91 Å². The molecule has 156 valence electrons. The van der Waals surface area contributed by atoms with E-state index in [2.05, 4.69) is 10.4 Å². The molecule has 0 fully saturated rings. The van der Waals surface area contributed by atoms with E-state index in [-0.39, 0.29) is 28.9 Å². The van der Waals surface area contributed by atoms with E-state index >= 15 is 0 Å². The zero-order chi connectivity index (χ0) is 21.8. The van der Waals surface area contributed by atoms with Crippen LogP contribution in [0.4, 0.5) is 15.8 Å². The van der Waals surface area contributed by atoms with Gasteiger partial charge >= 0.3 is 5.69 Å². The maximum Gasteiger partial charge on any atom is 0.311 e. The Hall–Kier alpha value is -2.83.